The van der Waals surface area contributed by atoms with E-state index in [9.17, 15) is 0 Å². The molecule has 0 spiro atoms. The SMILES string of the molecule is CC1(C)CN(Cc2cc(Br)cs2)C(C)(C)CN1. The van der Waals surface area contributed by atoms with Crippen LogP contribution in [0.3, 0.4) is 0 Å². The third-order valence-corrected chi connectivity index (χ3v) is 5.09. The number of nitrogens with one attached hydrogen (secondary N) is 1. The quantitative estimate of drug-likeness (QED) is 0.898. The minimum atomic E-state index is 0.212. The van der Waals surface area contributed by atoms with Crippen LogP contribution in [0.4, 0.5) is 0 Å². The van der Waals surface area contributed by atoms with Crippen molar-refractivity contribution in [3.05, 3.63) is 20.8 Å². The number of hydrogen-bond acceptors (Lipinski definition) is 3. The van der Waals surface area contributed by atoms with Crippen molar-refractivity contribution in [2.24, 2.45) is 0 Å². The van der Waals surface area contributed by atoms with Crippen molar-refractivity contribution in [3.63, 3.8) is 0 Å². The van der Waals surface area contributed by atoms with Gasteiger partial charge >= 0.3 is 0 Å². The fourth-order valence-corrected chi connectivity index (χ4v) is 3.67. The van der Waals surface area contributed by atoms with Gasteiger partial charge in [-0.1, -0.05) is 0 Å². The van der Waals surface area contributed by atoms with Gasteiger partial charge in [0, 0.05) is 45.4 Å². The van der Waals surface area contributed by atoms with E-state index in [1.807, 2.05) is 11.3 Å². The maximum Gasteiger partial charge on any atom is 0.0334 e. The van der Waals surface area contributed by atoms with Crippen LogP contribution in [0.25, 0.3) is 0 Å². The molecule has 0 amide bonds. The summed E-state index contributed by atoms with van der Waals surface area (Å²) in [4.78, 5) is 4.02. The molecule has 0 saturated carbocycles. The van der Waals surface area contributed by atoms with Crippen molar-refractivity contribution in [3.8, 4) is 0 Å². The lowest BCUT2D eigenvalue weighted by atomic mass is 9.91. The first-order valence-corrected chi connectivity index (χ1v) is 7.69. The Balaban J connectivity index is 2.11. The highest BCUT2D eigenvalue weighted by Gasteiger charge is 2.37. The van der Waals surface area contributed by atoms with E-state index in [1.54, 1.807) is 0 Å². The van der Waals surface area contributed by atoms with Crippen LogP contribution in [-0.4, -0.2) is 29.1 Å². The van der Waals surface area contributed by atoms with E-state index < -0.39 is 0 Å². The second-order valence-corrected chi connectivity index (χ2v) is 8.05. The van der Waals surface area contributed by atoms with E-state index in [4.69, 9.17) is 0 Å². The summed E-state index contributed by atoms with van der Waals surface area (Å²) < 4.78 is 1.20. The Kier molecular flexibility index (Phi) is 3.70. The first-order valence-electron chi connectivity index (χ1n) is 6.02. The maximum absolute atomic E-state index is 3.62. The highest BCUT2D eigenvalue weighted by Crippen LogP contribution is 2.28. The zero-order chi connectivity index (χ0) is 12.7. The van der Waals surface area contributed by atoms with Crippen molar-refractivity contribution in [2.45, 2.75) is 45.3 Å². The Hall–Kier alpha value is 0.1000. The lowest BCUT2D eigenvalue weighted by Crippen LogP contribution is -2.65. The Bertz CT molecular complexity index is 398. The Morgan fingerprint density at radius 3 is 2.71 bits per heavy atom. The molecule has 2 nitrogen and oxygen atoms in total. The average Bonchev–Trinajstić information content (AvgIpc) is 2.59. The van der Waals surface area contributed by atoms with E-state index in [0.717, 1.165) is 19.6 Å². The molecule has 2 rings (SSSR count). The smallest absolute Gasteiger partial charge is 0.0334 e. The van der Waals surface area contributed by atoms with E-state index in [0.29, 0.717) is 0 Å². The minimum absolute atomic E-state index is 0.212. The predicted molar refractivity (Wildman–Crippen MR) is 78.6 cm³/mol. The van der Waals surface area contributed by atoms with Gasteiger partial charge in [-0.05, 0) is 49.7 Å². The van der Waals surface area contributed by atoms with Crippen molar-refractivity contribution in [1.82, 2.24) is 10.2 Å². The normalized spacial score (nSPS) is 23.8. The van der Waals surface area contributed by atoms with Crippen molar-refractivity contribution < 1.29 is 0 Å². The van der Waals surface area contributed by atoms with Crippen LogP contribution in [-0.2, 0) is 6.54 Å². The molecule has 0 aliphatic carbocycles. The predicted octanol–water partition coefficient (Wildman–Crippen LogP) is 3.47. The van der Waals surface area contributed by atoms with Crippen LogP contribution < -0.4 is 5.32 Å². The summed E-state index contributed by atoms with van der Waals surface area (Å²) in [6.45, 7) is 12.4. The fourth-order valence-electron chi connectivity index (χ4n) is 2.21. The second kappa shape index (κ2) is 4.65. The lowest BCUT2D eigenvalue weighted by molar-refractivity contribution is 0.0332. The first kappa shape index (κ1) is 13.5. The molecule has 4 heteroatoms. The van der Waals surface area contributed by atoms with Crippen LogP contribution in [0.1, 0.15) is 32.6 Å². The molecular weight excluding hydrogens is 296 g/mol. The zero-order valence-corrected chi connectivity index (χ0v) is 13.4. The van der Waals surface area contributed by atoms with E-state index in [2.05, 4.69) is 65.3 Å². The molecule has 0 unspecified atom stereocenters. The third-order valence-electron chi connectivity index (χ3n) is 3.41. The lowest BCUT2D eigenvalue weighted by Gasteiger charge is -2.49. The molecule has 0 atom stereocenters. The molecule has 17 heavy (non-hydrogen) atoms. The van der Waals surface area contributed by atoms with Gasteiger partial charge in [-0.2, -0.15) is 0 Å². The van der Waals surface area contributed by atoms with E-state index in [-0.39, 0.29) is 11.1 Å². The Morgan fingerprint density at radius 2 is 2.12 bits per heavy atom. The molecule has 1 N–H and O–H groups in total. The molecule has 1 saturated heterocycles. The summed E-state index contributed by atoms with van der Waals surface area (Å²) in [5.41, 5.74) is 0.440. The molecule has 1 aromatic rings. The van der Waals surface area contributed by atoms with Crippen LogP contribution >= 0.6 is 27.3 Å². The van der Waals surface area contributed by atoms with Gasteiger partial charge < -0.3 is 5.32 Å². The third kappa shape index (κ3) is 3.31. The molecule has 0 radical (unpaired) electrons. The first-order chi connectivity index (χ1) is 7.78. The van der Waals surface area contributed by atoms with Gasteiger partial charge in [0.05, 0.1) is 0 Å². The van der Waals surface area contributed by atoms with E-state index in [1.165, 1.54) is 9.35 Å². The topological polar surface area (TPSA) is 15.3 Å². The number of hydrogen-bond donors (Lipinski definition) is 1. The van der Waals surface area contributed by atoms with Gasteiger partial charge in [-0.25, -0.2) is 0 Å². The van der Waals surface area contributed by atoms with Gasteiger partial charge in [0.15, 0.2) is 0 Å². The molecule has 96 valence electrons. The van der Waals surface area contributed by atoms with Crippen molar-refractivity contribution >= 4 is 27.3 Å². The minimum Gasteiger partial charge on any atom is -0.309 e. The summed E-state index contributed by atoms with van der Waals surface area (Å²) in [7, 11) is 0. The molecular formula is C13H21BrN2S. The molecule has 2 heterocycles. The number of nitrogens with zero attached hydrogens (tertiary/aromatic N) is 1. The maximum atomic E-state index is 3.62. The molecule has 0 bridgehead atoms. The molecule has 1 aliphatic heterocycles. The molecule has 1 aromatic heterocycles. The largest absolute Gasteiger partial charge is 0.309 e. The van der Waals surface area contributed by atoms with Gasteiger partial charge in [0.1, 0.15) is 0 Å². The van der Waals surface area contributed by atoms with Crippen LogP contribution in [0.15, 0.2) is 15.9 Å². The highest BCUT2D eigenvalue weighted by molar-refractivity contribution is 9.10. The van der Waals surface area contributed by atoms with Crippen LogP contribution in [0.2, 0.25) is 0 Å². The monoisotopic (exact) mass is 316 g/mol. The van der Waals surface area contributed by atoms with Gasteiger partial charge in [-0.15, -0.1) is 11.3 Å². The van der Waals surface area contributed by atoms with E-state index >= 15 is 0 Å². The summed E-state index contributed by atoms with van der Waals surface area (Å²) in [6, 6.07) is 2.23. The number of halogens is 1. The van der Waals surface area contributed by atoms with Crippen LogP contribution in [0, 0.1) is 0 Å². The number of thiophene rings is 1. The number of piperazine rings is 1. The summed E-state index contributed by atoms with van der Waals surface area (Å²) >= 11 is 5.36. The summed E-state index contributed by atoms with van der Waals surface area (Å²) in [5, 5.41) is 5.78. The van der Waals surface area contributed by atoms with Crippen molar-refractivity contribution in [2.75, 3.05) is 13.1 Å². The van der Waals surface area contributed by atoms with Crippen molar-refractivity contribution in [1.29, 1.82) is 0 Å². The summed E-state index contributed by atoms with van der Waals surface area (Å²) in [5.74, 6) is 0. The Morgan fingerprint density at radius 1 is 1.41 bits per heavy atom. The standard InChI is InChI=1S/C13H21BrN2S/c1-12(2)9-16(13(3,4)8-15-12)6-11-5-10(14)7-17-11/h5,7,15H,6,8-9H2,1-4H3. The highest BCUT2D eigenvalue weighted by atomic mass is 79.9. The molecule has 1 fully saturated rings. The summed E-state index contributed by atoms with van der Waals surface area (Å²) in [6.07, 6.45) is 0. The average molecular weight is 317 g/mol. The van der Waals surface area contributed by atoms with Gasteiger partial charge in [0.2, 0.25) is 0 Å². The molecule has 0 aromatic carbocycles. The van der Waals surface area contributed by atoms with Gasteiger partial charge in [-0.3, -0.25) is 4.90 Å². The zero-order valence-electron chi connectivity index (χ0n) is 11.0. The number of rotatable bonds is 2. The second-order valence-electron chi connectivity index (χ2n) is 6.14. The Labute approximate surface area is 117 Å². The van der Waals surface area contributed by atoms with Gasteiger partial charge in [0.25, 0.3) is 0 Å². The fraction of sp³-hybridized carbons (Fsp3) is 0.692. The molecule has 1 aliphatic rings. The van der Waals surface area contributed by atoms with Crippen LogP contribution in [0.5, 0.6) is 0 Å².